The highest BCUT2D eigenvalue weighted by Crippen LogP contribution is 2.25. The zero-order valence-electron chi connectivity index (χ0n) is 9.18. The van der Waals surface area contributed by atoms with E-state index in [0.717, 1.165) is 0 Å². The van der Waals surface area contributed by atoms with Crippen LogP contribution < -0.4 is 10.4 Å². The van der Waals surface area contributed by atoms with Crippen LogP contribution in [-0.4, -0.2) is 29.3 Å². The summed E-state index contributed by atoms with van der Waals surface area (Å²) in [5.41, 5.74) is 4.84. The van der Waals surface area contributed by atoms with E-state index in [2.05, 4.69) is 0 Å². The molecule has 17 heavy (non-hydrogen) atoms. The maximum absolute atomic E-state index is 10.9. The summed E-state index contributed by atoms with van der Waals surface area (Å²) in [6.07, 6.45) is 0.101. The van der Waals surface area contributed by atoms with Crippen molar-refractivity contribution in [2.45, 2.75) is 18.9 Å². The molecule has 1 aromatic rings. The monoisotopic (exact) mass is 256 g/mol. The zero-order valence-corrected chi connectivity index (χ0v) is 9.94. The van der Waals surface area contributed by atoms with Crippen LogP contribution >= 0.6 is 11.6 Å². The Bertz CT molecular complexity index is 425. The number of carboxylic acids is 1. The molecule has 0 aliphatic heterocycles. The Balaban J connectivity index is 2.90. The Hall–Kier alpha value is -1.24. The summed E-state index contributed by atoms with van der Waals surface area (Å²) < 4.78 is 4.72. The van der Waals surface area contributed by atoms with Gasteiger partial charge in [0.25, 0.3) is 0 Å². The van der Waals surface area contributed by atoms with Gasteiger partial charge < -0.3 is 20.5 Å². The number of nitrogens with two attached hydrogens (primary N) is 1. The molecule has 0 amide bonds. The first kappa shape index (κ1) is 13.8. The molecule has 0 aliphatic rings. The minimum Gasteiger partial charge on any atom is -0.537 e. The zero-order chi connectivity index (χ0) is 13.1. The van der Waals surface area contributed by atoms with Gasteiger partial charge in [-0.15, -0.1) is 0 Å². The van der Waals surface area contributed by atoms with Crippen LogP contribution in [0, 0.1) is 0 Å². The lowest BCUT2D eigenvalue weighted by molar-refractivity contribution is -0.142. The number of hydrogen-bond acceptors (Lipinski definition) is 4. The molecule has 1 rings (SSSR count). The van der Waals surface area contributed by atoms with Crippen LogP contribution in [-0.2, 0) is 11.2 Å². The molecule has 1 aromatic carbocycles. The Kier molecular flexibility index (Phi) is 4.39. The van der Waals surface area contributed by atoms with Gasteiger partial charge in [0.15, 0.2) is 0 Å². The molecule has 0 spiro atoms. The van der Waals surface area contributed by atoms with Crippen LogP contribution in [0.25, 0.3) is 0 Å². The summed E-state index contributed by atoms with van der Waals surface area (Å²) in [4.78, 5) is 10.9. The third-order valence-corrected chi connectivity index (χ3v) is 2.61. The second kappa shape index (κ2) is 5.40. The average molecular weight is 256 g/mol. The van der Waals surface area contributed by atoms with Crippen molar-refractivity contribution in [3.05, 3.63) is 28.8 Å². The van der Waals surface area contributed by atoms with Crippen molar-refractivity contribution in [1.82, 2.24) is 0 Å². The molecule has 0 unspecified atom stereocenters. The molecule has 0 bridgehead atoms. The van der Waals surface area contributed by atoms with E-state index in [-0.39, 0.29) is 6.42 Å². The number of hydrogen-bond donors (Lipinski definition) is 3. The summed E-state index contributed by atoms with van der Waals surface area (Å²) in [5.74, 6) is -0.743. The highest BCUT2D eigenvalue weighted by molar-refractivity contribution is 6.31. The summed E-state index contributed by atoms with van der Waals surface area (Å²) in [7, 11) is 0.537. The molecule has 7 heteroatoms. The molecule has 0 heterocycles. The van der Waals surface area contributed by atoms with Crippen LogP contribution in [0.15, 0.2) is 18.2 Å². The quantitative estimate of drug-likeness (QED) is 0.671. The number of carbonyl (C=O) groups is 1. The lowest BCUT2D eigenvalue weighted by atomic mass is 9.94. The van der Waals surface area contributed by atoms with Crippen LogP contribution in [0.5, 0.6) is 5.75 Å². The molecule has 1 atom stereocenters. The molecule has 0 saturated carbocycles. The first-order valence-electron chi connectivity index (χ1n) is 4.80. The number of rotatable bonds is 5. The van der Waals surface area contributed by atoms with E-state index in [1.54, 1.807) is 12.1 Å². The third kappa shape index (κ3) is 3.62. The van der Waals surface area contributed by atoms with E-state index in [1.807, 2.05) is 0 Å². The van der Waals surface area contributed by atoms with E-state index in [0.29, 0.717) is 24.0 Å². The van der Waals surface area contributed by atoms with Gasteiger partial charge in [0.2, 0.25) is 0 Å². The number of benzene rings is 1. The number of halogens is 1. The van der Waals surface area contributed by atoms with Crippen molar-refractivity contribution in [2.24, 2.45) is 5.73 Å². The largest absolute Gasteiger partial charge is 0.569 e. The van der Waals surface area contributed by atoms with Gasteiger partial charge in [0.1, 0.15) is 11.3 Å². The normalized spacial score (nSPS) is 13.9. The van der Waals surface area contributed by atoms with E-state index >= 15 is 0 Å². The SMILES string of the molecule is C[C@@](N)(Cc1ccc(O[B]O)cc1Cl)C(=O)O. The van der Waals surface area contributed by atoms with Crippen molar-refractivity contribution in [3.63, 3.8) is 0 Å². The Morgan fingerprint density at radius 1 is 1.65 bits per heavy atom. The third-order valence-electron chi connectivity index (χ3n) is 2.26. The lowest BCUT2D eigenvalue weighted by Gasteiger charge is -2.20. The molecular formula is C10H12BClNO4. The molecule has 0 saturated heterocycles. The molecule has 4 N–H and O–H groups in total. The molecule has 0 aliphatic carbocycles. The Labute approximate surface area is 104 Å². The molecule has 0 fully saturated rings. The minimum atomic E-state index is -1.38. The maximum atomic E-state index is 10.9. The Morgan fingerprint density at radius 3 is 2.76 bits per heavy atom. The fourth-order valence-corrected chi connectivity index (χ4v) is 1.51. The van der Waals surface area contributed by atoms with Gasteiger partial charge in [-0.25, -0.2) is 0 Å². The molecular weight excluding hydrogens is 244 g/mol. The van der Waals surface area contributed by atoms with E-state index in [1.165, 1.54) is 13.0 Å². The predicted octanol–water partition coefficient (Wildman–Crippen LogP) is 0.590. The van der Waals surface area contributed by atoms with Gasteiger partial charge >= 0.3 is 13.7 Å². The molecule has 1 radical (unpaired) electrons. The molecule has 5 nitrogen and oxygen atoms in total. The lowest BCUT2D eigenvalue weighted by Crippen LogP contribution is -2.46. The second-order valence-corrected chi connectivity index (χ2v) is 4.28. The summed E-state index contributed by atoms with van der Waals surface area (Å²) in [6.45, 7) is 1.41. The van der Waals surface area contributed by atoms with Crippen LogP contribution in [0.3, 0.4) is 0 Å². The van der Waals surface area contributed by atoms with Crippen LogP contribution in [0.2, 0.25) is 5.02 Å². The van der Waals surface area contributed by atoms with E-state index in [9.17, 15) is 4.79 Å². The van der Waals surface area contributed by atoms with Crippen LogP contribution in [0.4, 0.5) is 0 Å². The number of carboxylic acid groups (broad SMARTS) is 1. The second-order valence-electron chi connectivity index (χ2n) is 3.88. The highest BCUT2D eigenvalue weighted by Gasteiger charge is 2.28. The van der Waals surface area contributed by atoms with E-state index in [4.69, 9.17) is 32.1 Å². The average Bonchev–Trinajstić information content (AvgIpc) is 2.22. The van der Waals surface area contributed by atoms with Crippen molar-refractivity contribution in [1.29, 1.82) is 0 Å². The van der Waals surface area contributed by atoms with Gasteiger partial charge in [-0.05, 0) is 24.6 Å². The highest BCUT2D eigenvalue weighted by atomic mass is 35.5. The molecule has 0 aromatic heterocycles. The summed E-state index contributed by atoms with van der Waals surface area (Å²) in [5, 5.41) is 17.7. The summed E-state index contributed by atoms with van der Waals surface area (Å²) >= 11 is 5.95. The smallest absolute Gasteiger partial charge is 0.537 e. The van der Waals surface area contributed by atoms with Gasteiger partial charge in [0.05, 0.1) is 0 Å². The van der Waals surface area contributed by atoms with Crippen molar-refractivity contribution >= 4 is 25.3 Å². The fraction of sp³-hybridized carbons (Fsp3) is 0.300. The van der Waals surface area contributed by atoms with Gasteiger partial charge in [0, 0.05) is 11.4 Å². The van der Waals surface area contributed by atoms with Crippen molar-refractivity contribution in [3.8, 4) is 5.75 Å². The van der Waals surface area contributed by atoms with Gasteiger partial charge in [-0.3, -0.25) is 4.79 Å². The first-order chi connectivity index (χ1) is 7.86. The van der Waals surface area contributed by atoms with Crippen molar-refractivity contribution in [2.75, 3.05) is 0 Å². The number of aliphatic carboxylic acids is 1. The minimum absolute atomic E-state index is 0.101. The predicted molar refractivity (Wildman–Crippen MR) is 64.0 cm³/mol. The van der Waals surface area contributed by atoms with Gasteiger partial charge in [-0.2, -0.15) is 0 Å². The first-order valence-corrected chi connectivity index (χ1v) is 5.18. The standard InChI is InChI=1S/C10H12BClNO4/c1-10(13,9(14)15)5-6-2-3-7(17-11-16)4-8(6)12/h2-4,16H,5,13H2,1H3,(H,14,15)/t10-/m1/s1. The van der Waals surface area contributed by atoms with Crippen LogP contribution in [0.1, 0.15) is 12.5 Å². The topological polar surface area (TPSA) is 92.8 Å². The van der Waals surface area contributed by atoms with E-state index < -0.39 is 11.5 Å². The fourth-order valence-electron chi connectivity index (χ4n) is 1.28. The maximum Gasteiger partial charge on any atom is 0.569 e. The summed E-state index contributed by atoms with van der Waals surface area (Å²) in [6, 6.07) is 4.64. The molecule has 91 valence electrons. The van der Waals surface area contributed by atoms with Crippen molar-refractivity contribution < 1.29 is 19.6 Å². The van der Waals surface area contributed by atoms with Gasteiger partial charge in [-0.1, -0.05) is 17.7 Å². The Morgan fingerprint density at radius 2 is 2.29 bits per heavy atom.